The molecule has 0 saturated carbocycles. The molecule has 0 aliphatic heterocycles. The van der Waals surface area contributed by atoms with Crippen LogP contribution >= 0.6 is 0 Å². The van der Waals surface area contributed by atoms with Crippen molar-refractivity contribution in [3.05, 3.63) is 77.7 Å². The number of nitrogens with zero attached hydrogens (tertiary/aromatic N) is 4. The lowest BCUT2D eigenvalue weighted by atomic mass is 10.3. The topological polar surface area (TPSA) is 161 Å². The first-order chi connectivity index (χ1) is 16.0. The summed E-state index contributed by atoms with van der Waals surface area (Å²) in [5, 5.41) is 10.8. The van der Waals surface area contributed by atoms with Gasteiger partial charge in [0.1, 0.15) is 35.3 Å². The molecule has 12 nitrogen and oxygen atoms in total. The number of rotatable bonds is 10. The van der Waals surface area contributed by atoms with E-state index in [0.29, 0.717) is 28.6 Å². The van der Waals surface area contributed by atoms with Gasteiger partial charge in [-0.2, -0.15) is 0 Å². The predicted molar refractivity (Wildman–Crippen MR) is 111 cm³/mol. The molecule has 33 heavy (non-hydrogen) atoms. The van der Waals surface area contributed by atoms with E-state index in [1.807, 2.05) is 18.2 Å². The molecule has 3 N–H and O–H groups in total. The second-order valence-electron chi connectivity index (χ2n) is 6.81. The zero-order valence-electron chi connectivity index (χ0n) is 17.6. The van der Waals surface area contributed by atoms with Crippen LogP contribution in [0.2, 0.25) is 0 Å². The van der Waals surface area contributed by atoms with Crippen molar-refractivity contribution in [1.82, 2.24) is 25.3 Å². The summed E-state index contributed by atoms with van der Waals surface area (Å²) in [7, 11) is 1.59. The van der Waals surface area contributed by atoms with Crippen molar-refractivity contribution in [3.8, 4) is 11.5 Å². The van der Waals surface area contributed by atoms with Gasteiger partial charge in [0.05, 0.1) is 26.4 Å². The van der Waals surface area contributed by atoms with Crippen molar-refractivity contribution >= 4 is 11.8 Å². The molecule has 0 unspecified atom stereocenters. The van der Waals surface area contributed by atoms with E-state index in [9.17, 15) is 9.59 Å². The third kappa shape index (κ3) is 5.36. The monoisotopic (exact) mass is 452 g/mol. The Bertz CT molecular complexity index is 1260. The Kier molecular flexibility index (Phi) is 6.34. The number of aromatic nitrogens is 4. The average Bonchev–Trinajstić information content (AvgIpc) is 3.58. The number of ether oxygens (including phenoxy) is 2. The van der Waals surface area contributed by atoms with Crippen LogP contribution in [0.3, 0.4) is 0 Å². The zero-order valence-corrected chi connectivity index (χ0v) is 17.6. The van der Waals surface area contributed by atoms with Crippen LogP contribution in [0.4, 0.5) is 0 Å². The van der Waals surface area contributed by atoms with Crippen molar-refractivity contribution in [2.75, 3.05) is 7.11 Å². The van der Waals surface area contributed by atoms with E-state index >= 15 is 0 Å². The lowest BCUT2D eigenvalue weighted by Crippen LogP contribution is -2.23. The number of methoxy groups -OCH3 is 1. The number of hydrogen-bond donors (Lipinski definition) is 2. The van der Waals surface area contributed by atoms with Gasteiger partial charge in [0.2, 0.25) is 0 Å². The van der Waals surface area contributed by atoms with Crippen LogP contribution in [-0.4, -0.2) is 38.9 Å². The number of oxazole rings is 1. The minimum absolute atomic E-state index is 0.0400. The second-order valence-corrected chi connectivity index (χ2v) is 6.81. The predicted octanol–water partition coefficient (Wildman–Crippen LogP) is 1.52. The molecular formula is C21H20N6O6. The molecular weight excluding hydrogens is 432 g/mol. The molecule has 170 valence electrons. The number of nitrogens with two attached hydrogens (primary N) is 1. The Hall–Kier alpha value is -4.61. The summed E-state index contributed by atoms with van der Waals surface area (Å²) in [6, 6.07) is 9.95. The van der Waals surface area contributed by atoms with Gasteiger partial charge < -0.3 is 29.4 Å². The fraction of sp³-hybridized carbons (Fsp3) is 0.190. The number of nitrogens with one attached hydrogen (secondary N) is 1. The largest absolute Gasteiger partial charge is 0.497 e. The molecule has 12 heteroatoms. The fourth-order valence-corrected chi connectivity index (χ4v) is 2.89. The van der Waals surface area contributed by atoms with Crippen molar-refractivity contribution in [2.24, 2.45) is 5.73 Å². The van der Waals surface area contributed by atoms with Gasteiger partial charge in [0.25, 0.3) is 11.8 Å². The summed E-state index contributed by atoms with van der Waals surface area (Å²) < 4.78 is 22.9. The standard InChI is InChI=1S/C21H20N6O6/c1-30-14-3-2-4-15(7-14)31-11-13-9-27(26-25-13)10-16-19(32-12-24-16)8-23-21(29)18-6-5-17(33-18)20(22)28/h2-7,9,12H,8,10-11H2,1H3,(H2,22,28)(H,23,29). The van der Waals surface area contributed by atoms with E-state index in [1.54, 1.807) is 24.1 Å². The lowest BCUT2D eigenvalue weighted by molar-refractivity contribution is 0.0911. The molecule has 0 spiro atoms. The highest BCUT2D eigenvalue weighted by Gasteiger charge is 2.16. The summed E-state index contributed by atoms with van der Waals surface area (Å²) in [6.07, 6.45) is 3.00. The van der Waals surface area contributed by atoms with E-state index in [2.05, 4.69) is 20.6 Å². The van der Waals surface area contributed by atoms with E-state index in [-0.39, 0.29) is 31.2 Å². The third-order valence-electron chi connectivity index (χ3n) is 4.53. The number of carbonyl (C=O) groups excluding carboxylic acids is 2. The van der Waals surface area contributed by atoms with Crippen LogP contribution in [0, 0.1) is 0 Å². The Balaban J connectivity index is 1.32. The summed E-state index contributed by atoms with van der Waals surface area (Å²) in [4.78, 5) is 27.5. The molecule has 4 rings (SSSR count). The summed E-state index contributed by atoms with van der Waals surface area (Å²) in [6.45, 7) is 0.563. The summed E-state index contributed by atoms with van der Waals surface area (Å²) in [5.74, 6) is 0.366. The van der Waals surface area contributed by atoms with Gasteiger partial charge in [-0.25, -0.2) is 9.67 Å². The van der Waals surface area contributed by atoms with E-state index in [0.717, 1.165) is 0 Å². The molecule has 0 aliphatic carbocycles. The Labute approximate surface area is 187 Å². The van der Waals surface area contributed by atoms with Gasteiger partial charge in [-0.3, -0.25) is 9.59 Å². The second kappa shape index (κ2) is 9.68. The molecule has 2 amide bonds. The average molecular weight is 452 g/mol. The van der Waals surface area contributed by atoms with Gasteiger partial charge in [-0.1, -0.05) is 11.3 Å². The molecule has 1 aromatic carbocycles. The number of carbonyl (C=O) groups is 2. The molecule has 0 radical (unpaired) electrons. The molecule has 3 aromatic heterocycles. The van der Waals surface area contributed by atoms with Gasteiger partial charge >= 0.3 is 0 Å². The Morgan fingerprint density at radius 1 is 1.18 bits per heavy atom. The van der Waals surface area contributed by atoms with Gasteiger partial charge in [0.15, 0.2) is 17.9 Å². The maximum atomic E-state index is 12.2. The first-order valence-corrected chi connectivity index (χ1v) is 9.76. The van der Waals surface area contributed by atoms with Crippen molar-refractivity contribution in [3.63, 3.8) is 0 Å². The van der Waals surface area contributed by atoms with Crippen LogP contribution in [0.1, 0.15) is 38.3 Å². The maximum Gasteiger partial charge on any atom is 0.287 e. The number of hydrogen-bond acceptors (Lipinski definition) is 9. The van der Waals surface area contributed by atoms with Crippen LogP contribution in [0.5, 0.6) is 11.5 Å². The van der Waals surface area contributed by atoms with Crippen molar-refractivity contribution in [2.45, 2.75) is 19.7 Å². The van der Waals surface area contributed by atoms with Crippen molar-refractivity contribution < 1.29 is 27.9 Å². The highest BCUT2D eigenvalue weighted by atomic mass is 16.5. The zero-order chi connectivity index (χ0) is 23.2. The Morgan fingerprint density at radius 2 is 2.00 bits per heavy atom. The van der Waals surface area contributed by atoms with Gasteiger partial charge in [0, 0.05) is 6.07 Å². The third-order valence-corrected chi connectivity index (χ3v) is 4.53. The highest BCUT2D eigenvalue weighted by molar-refractivity contribution is 5.94. The number of amides is 2. The van der Waals surface area contributed by atoms with Crippen LogP contribution in [0.25, 0.3) is 0 Å². The molecule has 0 saturated heterocycles. The van der Waals surface area contributed by atoms with Gasteiger partial charge in [-0.05, 0) is 24.3 Å². The molecule has 0 atom stereocenters. The minimum atomic E-state index is -0.757. The van der Waals surface area contributed by atoms with Gasteiger partial charge in [-0.15, -0.1) is 5.10 Å². The van der Waals surface area contributed by atoms with E-state index in [1.165, 1.54) is 18.5 Å². The van der Waals surface area contributed by atoms with Crippen LogP contribution in [-0.2, 0) is 19.7 Å². The van der Waals surface area contributed by atoms with E-state index in [4.69, 9.17) is 24.0 Å². The number of furan rings is 1. The molecule has 0 bridgehead atoms. The first-order valence-electron chi connectivity index (χ1n) is 9.76. The quantitative estimate of drug-likeness (QED) is 0.363. The Morgan fingerprint density at radius 3 is 2.79 bits per heavy atom. The molecule has 3 heterocycles. The smallest absolute Gasteiger partial charge is 0.287 e. The molecule has 0 fully saturated rings. The minimum Gasteiger partial charge on any atom is -0.497 e. The first kappa shape index (κ1) is 21.6. The maximum absolute atomic E-state index is 12.2. The normalized spacial score (nSPS) is 10.7. The van der Waals surface area contributed by atoms with Crippen LogP contribution in [0.15, 0.2) is 57.8 Å². The lowest BCUT2D eigenvalue weighted by Gasteiger charge is -2.05. The number of primary amides is 1. The van der Waals surface area contributed by atoms with Crippen molar-refractivity contribution in [1.29, 1.82) is 0 Å². The van der Waals surface area contributed by atoms with E-state index < -0.39 is 11.8 Å². The fourth-order valence-electron chi connectivity index (χ4n) is 2.89. The SMILES string of the molecule is COc1cccc(OCc2cn(Cc3ncoc3CNC(=O)c3ccc(C(N)=O)o3)nn2)c1. The highest BCUT2D eigenvalue weighted by Crippen LogP contribution is 2.19. The summed E-state index contributed by atoms with van der Waals surface area (Å²) in [5.41, 5.74) is 6.31. The van der Waals surface area contributed by atoms with Crippen LogP contribution < -0.4 is 20.5 Å². The molecule has 4 aromatic rings. The summed E-state index contributed by atoms with van der Waals surface area (Å²) >= 11 is 0. The molecule has 0 aliphatic rings. The number of benzene rings is 1.